The Bertz CT molecular complexity index is 769. The van der Waals surface area contributed by atoms with E-state index in [2.05, 4.69) is 8.92 Å². The molecule has 10 heteroatoms. The molecule has 0 saturated carbocycles. The number of fused-ring (bicyclic) bond motifs is 1. The third-order valence-corrected chi connectivity index (χ3v) is 4.69. The van der Waals surface area contributed by atoms with Crippen molar-refractivity contribution < 1.29 is 40.1 Å². The molecule has 0 aromatic heterocycles. The van der Waals surface area contributed by atoms with Crippen LogP contribution < -0.4 is 4.18 Å². The summed E-state index contributed by atoms with van der Waals surface area (Å²) >= 11 is 0. The van der Waals surface area contributed by atoms with E-state index in [1.807, 2.05) is 0 Å². The Morgan fingerprint density at radius 3 is 2.54 bits per heavy atom. The van der Waals surface area contributed by atoms with Gasteiger partial charge in [-0.05, 0) is 30.9 Å². The molecule has 0 spiro atoms. The predicted molar refractivity (Wildman–Crippen MR) is 75.0 cm³/mol. The maximum atomic E-state index is 12.6. The van der Waals surface area contributed by atoms with Gasteiger partial charge in [0.05, 0.1) is 18.6 Å². The number of aldehydes is 1. The van der Waals surface area contributed by atoms with E-state index < -0.39 is 33.3 Å². The SMILES string of the molecule is COC(=O)C1CCc2ccc(C=O)c(OS(=O)(=O)C(F)(F)F)c2C1. The highest BCUT2D eigenvalue weighted by Gasteiger charge is 2.49. The Morgan fingerprint density at radius 1 is 1.33 bits per heavy atom. The Hall–Kier alpha value is -2.10. The molecule has 0 radical (unpaired) electrons. The lowest BCUT2D eigenvalue weighted by Crippen LogP contribution is -2.30. The topological polar surface area (TPSA) is 86.7 Å². The molecular formula is C14H13F3O6S. The summed E-state index contributed by atoms with van der Waals surface area (Å²) in [7, 11) is -4.76. The van der Waals surface area contributed by atoms with Crippen molar-refractivity contribution in [3.05, 3.63) is 28.8 Å². The molecule has 0 aliphatic heterocycles. The number of aryl methyl sites for hydroxylation is 1. The first-order chi connectivity index (χ1) is 11.1. The van der Waals surface area contributed by atoms with Crippen LogP contribution in [0.2, 0.25) is 0 Å². The van der Waals surface area contributed by atoms with Gasteiger partial charge in [0.1, 0.15) is 0 Å². The molecule has 0 amide bonds. The summed E-state index contributed by atoms with van der Waals surface area (Å²) in [6.45, 7) is 0. The minimum absolute atomic E-state index is 0.0770. The average Bonchev–Trinajstić information content (AvgIpc) is 2.52. The minimum Gasteiger partial charge on any atom is -0.469 e. The van der Waals surface area contributed by atoms with Crippen molar-refractivity contribution in [3.8, 4) is 5.75 Å². The number of ether oxygens (including phenoxy) is 1. The molecule has 0 fully saturated rings. The summed E-state index contributed by atoms with van der Waals surface area (Å²) in [5, 5.41) is 0. The van der Waals surface area contributed by atoms with Gasteiger partial charge in [0.2, 0.25) is 0 Å². The lowest BCUT2D eigenvalue weighted by Gasteiger charge is -2.25. The van der Waals surface area contributed by atoms with Crippen LogP contribution in [0.3, 0.4) is 0 Å². The number of alkyl halides is 3. The number of methoxy groups -OCH3 is 1. The van der Waals surface area contributed by atoms with Gasteiger partial charge < -0.3 is 8.92 Å². The summed E-state index contributed by atoms with van der Waals surface area (Å²) in [4.78, 5) is 22.7. The average molecular weight is 366 g/mol. The van der Waals surface area contributed by atoms with Crippen molar-refractivity contribution in [3.63, 3.8) is 0 Å². The standard InChI is InChI=1S/C14H13F3O6S/c1-22-13(19)9-4-2-8-3-5-10(7-18)12(11(8)6-9)23-24(20,21)14(15,16)17/h3,5,7,9H,2,4,6H2,1H3. The van der Waals surface area contributed by atoms with Crippen molar-refractivity contribution in [2.45, 2.75) is 24.8 Å². The van der Waals surface area contributed by atoms with Crippen molar-refractivity contribution in [2.75, 3.05) is 7.11 Å². The molecule has 1 aliphatic rings. The molecule has 0 heterocycles. The number of carbonyl (C=O) groups excluding carboxylic acids is 2. The van der Waals surface area contributed by atoms with E-state index in [0.717, 1.165) is 0 Å². The smallest absolute Gasteiger partial charge is 0.469 e. The normalized spacial score (nSPS) is 17.8. The largest absolute Gasteiger partial charge is 0.534 e. The lowest BCUT2D eigenvalue weighted by atomic mass is 9.82. The Balaban J connectivity index is 2.52. The molecule has 132 valence electrons. The molecule has 24 heavy (non-hydrogen) atoms. The highest BCUT2D eigenvalue weighted by molar-refractivity contribution is 7.88. The second kappa shape index (κ2) is 6.42. The highest BCUT2D eigenvalue weighted by Crippen LogP contribution is 2.37. The molecule has 1 aromatic rings. The molecule has 0 saturated heterocycles. The van der Waals surface area contributed by atoms with Gasteiger partial charge in [0, 0.05) is 5.56 Å². The van der Waals surface area contributed by atoms with Crippen molar-refractivity contribution in [2.24, 2.45) is 5.92 Å². The molecule has 1 aliphatic carbocycles. The fourth-order valence-corrected chi connectivity index (χ4v) is 3.05. The summed E-state index contributed by atoms with van der Waals surface area (Å²) in [6, 6.07) is 2.69. The first kappa shape index (κ1) is 18.2. The van der Waals surface area contributed by atoms with E-state index in [4.69, 9.17) is 0 Å². The van der Waals surface area contributed by atoms with Crippen LogP contribution in [-0.2, 0) is 32.5 Å². The first-order valence-corrected chi connectivity index (χ1v) is 8.20. The number of carbonyl (C=O) groups is 2. The molecule has 6 nitrogen and oxygen atoms in total. The van der Waals surface area contributed by atoms with E-state index in [1.54, 1.807) is 0 Å². The van der Waals surface area contributed by atoms with E-state index >= 15 is 0 Å². The number of rotatable bonds is 4. The summed E-state index contributed by atoms with van der Waals surface area (Å²) in [6.07, 6.45) is 0.831. The zero-order valence-corrected chi connectivity index (χ0v) is 13.2. The minimum atomic E-state index is -5.94. The van der Waals surface area contributed by atoms with Crippen molar-refractivity contribution >= 4 is 22.4 Å². The van der Waals surface area contributed by atoms with Crippen molar-refractivity contribution in [1.29, 1.82) is 0 Å². The molecule has 2 rings (SSSR count). The molecule has 1 unspecified atom stereocenters. The van der Waals surface area contributed by atoms with Crippen LogP contribution in [0, 0.1) is 5.92 Å². The molecular weight excluding hydrogens is 353 g/mol. The van der Waals surface area contributed by atoms with Crippen LogP contribution in [0.15, 0.2) is 12.1 Å². The molecule has 0 bridgehead atoms. The Labute approximate surface area is 135 Å². The van der Waals surface area contributed by atoms with E-state index in [0.29, 0.717) is 18.4 Å². The first-order valence-electron chi connectivity index (χ1n) is 6.79. The van der Waals surface area contributed by atoms with Gasteiger partial charge in [-0.15, -0.1) is 0 Å². The fraction of sp³-hybridized carbons (Fsp3) is 0.429. The van der Waals surface area contributed by atoms with Crippen LogP contribution >= 0.6 is 0 Å². The number of hydrogen-bond donors (Lipinski definition) is 0. The van der Waals surface area contributed by atoms with Crippen molar-refractivity contribution in [1.82, 2.24) is 0 Å². The third-order valence-electron chi connectivity index (χ3n) is 3.74. The monoisotopic (exact) mass is 366 g/mol. The molecule has 0 N–H and O–H groups in total. The Kier molecular flexibility index (Phi) is 4.88. The van der Waals surface area contributed by atoms with Gasteiger partial charge in [-0.3, -0.25) is 9.59 Å². The summed E-state index contributed by atoms with van der Waals surface area (Å²) in [5.41, 5.74) is -5.36. The van der Waals surface area contributed by atoms with Crippen LogP contribution in [0.4, 0.5) is 13.2 Å². The Morgan fingerprint density at radius 2 is 2.00 bits per heavy atom. The number of hydrogen-bond acceptors (Lipinski definition) is 6. The van der Waals surface area contributed by atoms with Crippen LogP contribution in [0.25, 0.3) is 0 Å². The van der Waals surface area contributed by atoms with E-state index in [1.165, 1.54) is 19.2 Å². The summed E-state index contributed by atoms with van der Waals surface area (Å²) < 4.78 is 69.1. The van der Waals surface area contributed by atoms with Gasteiger partial charge in [0.15, 0.2) is 12.0 Å². The maximum absolute atomic E-state index is 12.6. The summed E-state index contributed by atoms with van der Waals surface area (Å²) in [5.74, 6) is -1.91. The van der Waals surface area contributed by atoms with Crippen LogP contribution in [0.1, 0.15) is 27.9 Å². The van der Waals surface area contributed by atoms with Gasteiger partial charge >= 0.3 is 21.6 Å². The van der Waals surface area contributed by atoms with Gasteiger partial charge in [-0.1, -0.05) is 6.07 Å². The second-order valence-electron chi connectivity index (χ2n) is 5.19. The van der Waals surface area contributed by atoms with Crippen LogP contribution in [-0.4, -0.2) is 33.3 Å². The van der Waals surface area contributed by atoms with Gasteiger partial charge in [0.25, 0.3) is 0 Å². The number of benzene rings is 1. The van der Waals surface area contributed by atoms with Crippen LogP contribution in [0.5, 0.6) is 5.75 Å². The zero-order chi connectivity index (χ0) is 18.1. The number of halogens is 3. The zero-order valence-electron chi connectivity index (χ0n) is 12.4. The predicted octanol–water partition coefficient (Wildman–Crippen LogP) is 2.01. The fourth-order valence-electron chi connectivity index (χ4n) is 2.54. The van der Waals surface area contributed by atoms with E-state index in [9.17, 15) is 31.2 Å². The number of esters is 1. The van der Waals surface area contributed by atoms with E-state index in [-0.39, 0.29) is 23.8 Å². The van der Waals surface area contributed by atoms with Gasteiger partial charge in [-0.2, -0.15) is 21.6 Å². The third kappa shape index (κ3) is 3.37. The molecule has 1 atom stereocenters. The van der Waals surface area contributed by atoms with Gasteiger partial charge in [-0.25, -0.2) is 0 Å². The lowest BCUT2D eigenvalue weighted by molar-refractivity contribution is -0.145. The second-order valence-corrected chi connectivity index (χ2v) is 6.72. The maximum Gasteiger partial charge on any atom is 0.534 e. The quantitative estimate of drug-likeness (QED) is 0.351. The highest BCUT2D eigenvalue weighted by atomic mass is 32.2. The molecule has 1 aromatic carbocycles.